The van der Waals surface area contributed by atoms with E-state index in [2.05, 4.69) is 37.2 Å². The van der Waals surface area contributed by atoms with E-state index in [1.165, 1.54) is 5.69 Å². The topological polar surface area (TPSA) is 46.6 Å². The second-order valence-electron chi connectivity index (χ2n) is 4.83. The second-order valence-corrected chi connectivity index (χ2v) is 5.64. The molecule has 1 unspecified atom stereocenters. The lowest BCUT2D eigenvalue weighted by Crippen LogP contribution is -2.37. The zero-order chi connectivity index (χ0) is 13.1. The quantitative estimate of drug-likeness (QED) is 0.859. The summed E-state index contributed by atoms with van der Waals surface area (Å²) in [5.41, 5.74) is 2.28. The van der Waals surface area contributed by atoms with Crippen LogP contribution in [0.4, 0.5) is 11.4 Å². The summed E-state index contributed by atoms with van der Waals surface area (Å²) >= 11 is 3.45. The first-order valence-corrected chi connectivity index (χ1v) is 7.45. The van der Waals surface area contributed by atoms with Gasteiger partial charge in [0.15, 0.2) is 0 Å². The second kappa shape index (κ2) is 6.07. The molecule has 3 rings (SSSR count). The molecule has 2 fully saturated rings. The molecule has 2 aliphatic rings. The summed E-state index contributed by atoms with van der Waals surface area (Å²) in [6.45, 7) is 5.03. The summed E-state index contributed by atoms with van der Waals surface area (Å²) in [7, 11) is 0. The first kappa shape index (κ1) is 13.1. The van der Waals surface area contributed by atoms with E-state index in [1.807, 2.05) is 6.20 Å². The fourth-order valence-corrected chi connectivity index (χ4v) is 2.78. The van der Waals surface area contributed by atoms with Crippen LogP contribution in [0.2, 0.25) is 0 Å². The molecule has 2 aliphatic heterocycles. The number of nitrogens with one attached hydrogen (secondary N) is 1. The number of rotatable bonds is 3. The molecule has 1 atom stereocenters. The van der Waals surface area contributed by atoms with Crippen molar-refractivity contribution in [3.05, 3.63) is 16.9 Å². The molecule has 2 saturated heterocycles. The minimum atomic E-state index is 0.391. The number of anilines is 2. The third-order valence-electron chi connectivity index (χ3n) is 3.49. The highest BCUT2D eigenvalue weighted by atomic mass is 79.9. The zero-order valence-electron chi connectivity index (χ0n) is 10.8. The number of hydrogen-bond acceptors (Lipinski definition) is 5. The van der Waals surface area contributed by atoms with Gasteiger partial charge < -0.3 is 19.7 Å². The summed E-state index contributed by atoms with van der Waals surface area (Å²) in [5.74, 6) is 0. The van der Waals surface area contributed by atoms with Crippen LogP contribution in [0, 0.1) is 0 Å². The van der Waals surface area contributed by atoms with Crippen LogP contribution in [0.1, 0.15) is 6.42 Å². The van der Waals surface area contributed by atoms with E-state index >= 15 is 0 Å². The highest BCUT2D eigenvalue weighted by molar-refractivity contribution is 9.10. The van der Waals surface area contributed by atoms with Gasteiger partial charge in [0.2, 0.25) is 0 Å². The molecular formula is C13H18BrN3O2. The van der Waals surface area contributed by atoms with Crippen molar-refractivity contribution < 1.29 is 9.47 Å². The number of hydrogen-bond donors (Lipinski definition) is 1. The summed E-state index contributed by atoms with van der Waals surface area (Å²) in [4.78, 5) is 6.67. The van der Waals surface area contributed by atoms with Crippen LogP contribution in [-0.4, -0.2) is 50.5 Å². The fourth-order valence-electron chi connectivity index (χ4n) is 2.47. The normalized spacial score (nSPS) is 23.6. The molecule has 1 aromatic rings. The molecule has 0 radical (unpaired) electrons. The van der Waals surface area contributed by atoms with Gasteiger partial charge in [-0.3, -0.25) is 0 Å². The fraction of sp³-hybridized carbons (Fsp3) is 0.615. The molecule has 0 aromatic carbocycles. The van der Waals surface area contributed by atoms with Gasteiger partial charge in [-0.1, -0.05) is 0 Å². The third-order valence-corrected chi connectivity index (χ3v) is 3.92. The maximum Gasteiger partial charge on any atom is 0.108 e. The average molecular weight is 328 g/mol. The zero-order valence-corrected chi connectivity index (χ0v) is 12.4. The minimum Gasteiger partial charge on any atom is -0.379 e. The summed E-state index contributed by atoms with van der Waals surface area (Å²) in [6.07, 6.45) is 2.95. The lowest BCUT2D eigenvalue weighted by Gasteiger charge is -2.31. The van der Waals surface area contributed by atoms with E-state index in [4.69, 9.17) is 9.47 Å². The van der Waals surface area contributed by atoms with Crippen LogP contribution in [0.3, 0.4) is 0 Å². The van der Waals surface area contributed by atoms with Gasteiger partial charge in [-0.2, -0.15) is 0 Å². The Bertz CT molecular complexity index is 432. The van der Waals surface area contributed by atoms with E-state index in [0.29, 0.717) is 6.04 Å². The number of pyridine rings is 1. The third kappa shape index (κ3) is 3.19. The highest BCUT2D eigenvalue weighted by Gasteiger charge is 2.20. The van der Waals surface area contributed by atoms with Gasteiger partial charge in [-0.05, 0) is 28.4 Å². The standard InChI is InChI=1S/C13H18BrN3O2/c14-13-7-12(17-2-5-18-6-3-17)11(8-15-13)16-10-1-4-19-9-10/h7-8,10,16H,1-6,9H2. The Morgan fingerprint density at radius 2 is 2.11 bits per heavy atom. The van der Waals surface area contributed by atoms with Crippen LogP contribution in [0.15, 0.2) is 16.9 Å². The van der Waals surface area contributed by atoms with Crippen molar-refractivity contribution in [2.45, 2.75) is 12.5 Å². The molecule has 1 N–H and O–H groups in total. The smallest absolute Gasteiger partial charge is 0.108 e. The van der Waals surface area contributed by atoms with Crippen molar-refractivity contribution in [2.24, 2.45) is 0 Å². The first-order chi connectivity index (χ1) is 9.33. The van der Waals surface area contributed by atoms with Crippen molar-refractivity contribution >= 4 is 27.3 Å². The lowest BCUT2D eigenvalue weighted by molar-refractivity contribution is 0.122. The van der Waals surface area contributed by atoms with Gasteiger partial charge >= 0.3 is 0 Å². The maximum absolute atomic E-state index is 5.42. The van der Waals surface area contributed by atoms with Gasteiger partial charge in [-0.15, -0.1) is 0 Å². The van der Waals surface area contributed by atoms with Crippen LogP contribution >= 0.6 is 15.9 Å². The molecule has 1 aromatic heterocycles. The Labute approximate surface area is 121 Å². The Morgan fingerprint density at radius 3 is 2.84 bits per heavy atom. The van der Waals surface area contributed by atoms with Crippen molar-refractivity contribution in [1.29, 1.82) is 0 Å². The molecule has 104 valence electrons. The van der Waals surface area contributed by atoms with E-state index < -0.39 is 0 Å². The molecule has 0 aliphatic carbocycles. The Kier molecular flexibility index (Phi) is 4.20. The monoisotopic (exact) mass is 327 g/mol. The summed E-state index contributed by atoms with van der Waals surface area (Å²) in [6, 6.07) is 2.46. The SMILES string of the molecule is Brc1cc(N2CCOCC2)c(NC2CCOC2)cn1. The van der Waals surface area contributed by atoms with E-state index in [-0.39, 0.29) is 0 Å². The van der Waals surface area contributed by atoms with Crippen molar-refractivity contribution in [1.82, 2.24) is 4.98 Å². The predicted octanol–water partition coefficient (Wildman–Crippen LogP) is 1.88. The van der Waals surface area contributed by atoms with Crippen LogP contribution in [0.25, 0.3) is 0 Å². The summed E-state index contributed by atoms with van der Waals surface area (Å²) in [5, 5.41) is 3.54. The maximum atomic E-state index is 5.42. The van der Waals surface area contributed by atoms with E-state index in [1.54, 1.807) is 0 Å². The average Bonchev–Trinajstić information content (AvgIpc) is 2.95. The number of halogens is 1. The molecule has 6 heteroatoms. The van der Waals surface area contributed by atoms with Crippen LogP contribution in [-0.2, 0) is 9.47 Å². The number of ether oxygens (including phenoxy) is 2. The van der Waals surface area contributed by atoms with Crippen molar-refractivity contribution in [3.63, 3.8) is 0 Å². The van der Waals surface area contributed by atoms with Gasteiger partial charge in [0, 0.05) is 19.7 Å². The molecule has 0 saturated carbocycles. The minimum absolute atomic E-state index is 0.391. The molecule has 0 spiro atoms. The molecule has 5 nitrogen and oxygen atoms in total. The Hall–Kier alpha value is -0.850. The largest absolute Gasteiger partial charge is 0.379 e. The van der Waals surface area contributed by atoms with E-state index in [0.717, 1.165) is 56.2 Å². The van der Waals surface area contributed by atoms with Gasteiger partial charge in [-0.25, -0.2) is 4.98 Å². The lowest BCUT2D eigenvalue weighted by atomic mass is 10.2. The Morgan fingerprint density at radius 1 is 1.26 bits per heavy atom. The van der Waals surface area contributed by atoms with Crippen molar-refractivity contribution in [2.75, 3.05) is 49.7 Å². The molecule has 0 amide bonds. The Balaban J connectivity index is 1.80. The molecule has 0 bridgehead atoms. The number of aromatic nitrogens is 1. The first-order valence-electron chi connectivity index (χ1n) is 6.65. The number of nitrogens with zero attached hydrogens (tertiary/aromatic N) is 2. The molecular weight excluding hydrogens is 310 g/mol. The highest BCUT2D eigenvalue weighted by Crippen LogP contribution is 2.29. The predicted molar refractivity (Wildman–Crippen MR) is 77.8 cm³/mol. The summed E-state index contributed by atoms with van der Waals surface area (Å²) < 4.78 is 11.7. The van der Waals surface area contributed by atoms with Crippen LogP contribution in [0.5, 0.6) is 0 Å². The van der Waals surface area contributed by atoms with Gasteiger partial charge in [0.05, 0.1) is 43.4 Å². The molecule has 19 heavy (non-hydrogen) atoms. The number of morpholine rings is 1. The van der Waals surface area contributed by atoms with Gasteiger partial charge in [0.25, 0.3) is 0 Å². The van der Waals surface area contributed by atoms with Crippen molar-refractivity contribution in [3.8, 4) is 0 Å². The van der Waals surface area contributed by atoms with Crippen LogP contribution < -0.4 is 10.2 Å². The molecule has 3 heterocycles. The van der Waals surface area contributed by atoms with E-state index in [9.17, 15) is 0 Å². The van der Waals surface area contributed by atoms with Gasteiger partial charge in [0.1, 0.15) is 4.60 Å².